The molecule has 1 saturated heterocycles. The van der Waals surface area contributed by atoms with E-state index in [0.29, 0.717) is 19.4 Å². The smallest absolute Gasteiger partial charge is 0.407 e. The zero-order chi connectivity index (χ0) is 23.4. The van der Waals surface area contributed by atoms with Crippen LogP contribution in [-0.2, 0) is 19.1 Å². The summed E-state index contributed by atoms with van der Waals surface area (Å²) >= 11 is 0. The van der Waals surface area contributed by atoms with Crippen LogP contribution in [0.5, 0.6) is 0 Å². The highest BCUT2D eigenvalue weighted by molar-refractivity contribution is 5.93. The predicted molar refractivity (Wildman–Crippen MR) is 118 cm³/mol. The number of hydrogen-bond acceptors (Lipinski definition) is 5. The van der Waals surface area contributed by atoms with E-state index in [2.05, 4.69) is 35.0 Å². The third-order valence-corrected chi connectivity index (χ3v) is 5.92. The molecule has 0 radical (unpaired) electrons. The number of unbranched alkanes of at least 4 members (excludes halogenated alkanes) is 1. The topological polar surface area (TPSA) is 125 Å². The molecule has 4 rings (SSSR count). The third kappa shape index (κ3) is 4.82. The number of benzene rings is 2. The predicted octanol–water partition coefficient (Wildman–Crippen LogP) is 2.41. The minimum absolute atomic E-state index is 0.0152. The lowest BCUT2D eigenvalue weighted by Gasteiger charge is -2.20. The van der Waals surface area contributed by atoms with Crippen molar-refractivity contribution in [1.29, 1.82) is 0 Å². The summed E-state index contributed by atoms with van der Waals surface area (Å²) in [6.45, 7) is 0.544. The lowest BCUT2D eigenvalue weighted by Crippen LogP contribution is -2.46. The first-order valence-electron chi connectivity index (χ1n) is 10.9. The van der Waals surface area contributed by atoms with Crippen LogP contribution < -0.4 is 10.7 Å². The maximum Gasteiger partial charge on any atom is 0.407 e. The normalized spacial score (nSPS) is 16.7. The maximum absolute atomic E-state index is 12.2. The van der Waals surface area contributed by atoms with Crippen molar-refractivity contribution in [2.24, 2.45) is 0 Å². The number of hydrazine groups is 1. The second-order valence-electron chi connectivity index (χ2n) is 8.07. The molecule has 3 N–H and O–H groups in total. The van der Waals surface area contributed by atoms with Crippen molar-refractivity contribution in [2.75, 3.05) is 13.2 Å². The number of carbonyl (C=O) groups is 4. The lowest BCUT2D eigenvalue weighted by molar-refractivity contribution is -0.150. The van der Waals surface area contributed by atoms with E-state index in [1.807, 2.05) is 24.3 Å². The zero-order valence-electron chi connectivity index (χ0n) is 18.0. The highest BCUT2D eigenvalue weighted by atomic mass is 16.5. The van der Waals surface area contributed by atoms with E-state index in [1.54, 1.807) is 0 Å². The van der Waals surface area contributed by atoms with Crippen LogP contribution in [0.15, 0.2) is 48.5 Å². The van der Waals surface area contributed by atoms with Gasteiger partial charge in [-0.05, 0) is 35.1 Å². The monoisotopic (exact) mass is 451 g/mol. The van der Waals surface area contributed by atoms with Crippen LogP contribution in [0.1, 0.15) is 42.7 Å². The van der Waals surface area contributed by atoms with Crippen LogP contribution in [0.2, 0.25) is 0 Å². The molecule has 2 aliphatic rings. The summed E-state index contributed by atoms with van der Waals surface area (Å²) in [4.78, 5) is 46.9. The van der Waals surface area contributed by atoms with Crippen molar-refractivity contribution in [1.82, 2.24) is 15.8 Å². The number of fused-ring (bicyclic) bond motifs is 3. The molecule has 2 aromatic rings. The Morgan fingerprint density at radius 3 is 2.30 bits per heavy atom. The SMILES string of the molecule is O=C1CC(C(=O)O)N(C(=O)CCCCNC(=O)OCC2c3ccccc3-c3ccccc32)N1. The van der Waals surface area contributed by atoms with Crippen LogP contribution >= 0.6 is 0 Å². The van der Waals surface area contributed by atoms with E-state index in [9.17, 15) is 19.2 Å². The Kier molecular flexibility index (Phi) is 6.58. The number of rotatable bonds is 8. The Bertz CT molecular complexity index is 1040. The van der Waals surface area contributed by atoms with Gasteiger partial charge in [0, 0.05) is 18.9 Å². The average molecular weight is 451 g/mol. The second kappa shape index (κ2) is 9.72. The molecule has 1 heterocycles. The van der Waals surface area contributed by atoms with Gasteiger partial charge in [-0.25, -0.2) is 14.6 Å². The molecule has 0 spiro atoms. The van der Waals surface area contributed by atoms with E-state index in [4.69, 9.17) is 9.84 Å². The fourth-order valence-electron chi connectivity index (χ4n) is 4.32. The Labute approximate surface area is 190 Å². The number of alkyl carbamates (subject to hydrolysis) is 1. The van der Waals surface area contributed by atoms with E-state index < -0.39 is 29.9 Å². The van der Waals surface area contributed by atoms with Gasteiger partial charge in [-0.1, -0.05) is 48.5 Å². The van der Waals surface area contributed by atoms with Gasteiger partial charge in [0.05, 0.1) is 6.42 Å². The van der Waals surface area contributed by atoms with Gasteiger partial charge >= 0.3 is 12.1 Å². The van der Waals surface area contributed by atoms with Crippen LogP contribution in [-0.4, -0.2) is 53.2 Å². The molecular formula is C24H25N3O6. The van der Waals surface area contributed by atoms with Gasteiger partial charge in [0.25, 0.3) is 0 Å². The molecule has 1 aliphatic heterocycles. The van der Waals surface area contributed by atoms with Crippen LogP contribution in [0, 0.1) is 0 Å². The van der Waals surface area contributed by atoms with Crippen LogP contribution in [0.4, 0.5) is 4.79 Å². The largest absolute Gasteiger partial charge is 0.480 e. The molecule has 0 bridgehead atoms. The number of carbonyl (C=O) groups excluding carboxylic acids is 3. The lowest BCUT2D eigenvalue weighted by atomic mass is 9.98. The van der Waals surface area contributed by atoms with Crippen molar-refractivity contribution in [3.05, 3.63) is 59.7 Å². The Morgan fingerprint density at radius 1 is 1.03 bits per heavy atom. The molecule has 1 unspecified atom stereocenters. The van der Waals surface area contributed by atoms with E-state index >= 15 is 0 Å². The summed E-state index contributed by atoms with van der Waals surface area (Å²) in [5.74, 6) is -2.20. The average Bonchev–Trinajstić information content (AvgIpc) is 3.36. The van der Waals surface area contributed by atoms with E-state index in [1.165, 1.54) is 0 Å². The molecule has 1 fully saturated rings. The van der Waals surface area contributed by atoms with Crippen molar-refractivity contribution in [3.8, 4) is 11.1 Å². The number of ether oxygens (including phenoxy) is 1. The molecule has 2 aromatic carbocycles. The van der Waals surface area contributed by atoms with Crippen molar-refractivity contribution in [3.63, 3.8) is 0 Å². The van der Waals surface area contributed by atoms with Gasteiger partial charge in [0.2, 0.25) is 11.8 Å². The number of amides is 3. The molecule has 3 amide bonds. The fraction of sp³-hybridized carbons (Fsp3) is 0.333. The standard InChI is InChI=1S/C24H25N3O6/c28-21-13-20(23(30)31)27(26-21)22(29)11-5-6-12-25-24(32)33-14-19-17-9-3-1-7-15(17)16-8-2-4-10-18(16)19/h1-4,7-10,19-20H,5-6,11-14H2,(H,25,32)(H,26,28)(H,30,31). The molecule has 9 nitrogen and oxygen atoms in total. The van der Waals surface area contributed by atoms with Crippen LogP contribution in [0.25, 0.3) is 11.1 Å². The highest BCUT2D eigenvalue weighted by Crippen LogP contribution is 2.44. The molecule has 172 valence electrons. The van der Waals surface area contributed by atoms with E-state index in [-0.39, 0.29) is 25.4 Å². The van der Waals surface area contributed by atoms with Gasteiger partial charge in [0.15, 0.2) is 6.04 Å². The number of nitrogens with one attached hydrogen (secondary N) is 2. The van der Waals surface area contributed by atoms with E-state index in [0.717, 1.165) is 27.3 Å². The van der Waals surface area contributed by atoms with Gasteiger partial charge in [-0.2, -0.15) is 0 Å². The number of carboxylic acid groups (broad SMARTS) is 1. The fourth-order valence-corrected chi connectivity index (χ4v) is 4.32. The molecule has 1 aliphatic carbocycles. The van der Waals surface area contributed by atoms with Crippen LogP contribution in [0.3, 0.4) is 0 Å². The Hall–Kier alpha value is -3.88. The number of carboxylic acids is 1. The van der Waals surface area contributed by atoms with Gasteiger partial charge in [-0.15, -0.1) is 0 Å². The summed E-state index contributed by atoms with van der Waals surface area (Å²) in [6, 6.07) is 15.0. The summed E-state index contributed by atoms with van der Waals surface area (Å²) < 4.78 is 5.46. The maximum atomic E-state index is 12.2. The summed E-state index contributed by atoms with van der Waals surface area (Å²) in [5.41, 5.74) is 6.87. The van der Waals surface area contributed by atoms with Crippen molar-refractivity contribution >= 4 is 23.9 Å². The van der Waals surface area contributed by atoms with Gasteiger partial charge < -0.3 is 15.2 Å². The quantitative estimate of drug-likeness (QED) is 0.530. The minimum Gasteiger partial charge on any atom is -0.480 e. The summed E-state index contributed by atoms with van der Waals surface area (Å²) in [6.07, 6.45) is 0.234. The highest BCUT2D eigenvalue weighted by Gasteiger charge is 2.38. The molecule has 33 heavy (non-hydrogen) atoms. The number of nitrogens with zero attached hydrogens (tertiary/aromatic N) is 1. The first-order chi connectivity index (χ1) is 16.0. The summed E-state index contributed by atoms with van der Waals surface area (Å²) in [7, 11) is 0. The van der Waals surface area contributed by atoms with Gasteiger partial charge in [0.1, 0.15) is 6.61 Å². The Morgan fingerprint density at radius 2 is 1.67 bits per heavy atom. The molecule has 0 saturated carbocycles. The van der Waals surface area contributed by atoms with Crippen molar-refractivity contribution in [2.45, 2.75) is 37.6 Å². The molecule has 9 heteroatoms. The molecule has 0 aromatic heterocycles. The zero-order valence-corrected chi connectivity index (χ0v) is 18.0. The molecular weight excluding hydrogens is 426 g/mol. The van der Waals surface area contributed by atoms with Gasteiger partial charge in [-0.3, -0.25) is 15.0 Å². The second-order valence-corrected chi connectivity index (χ2v) is 8.07. The number of aliphatic carboxylic acids is 1. The summed E-state index contributed by atoms with van der Waals surface area (Å²) in [5, 5.41) is 12.7. The number of hydrogen-bond donors (Lipinski definition) is 3. The Balaban J connectivity index is 1.19. The third-order valence-electron chi connectivity index (χ3n) is 5.92. The first-order valence-corrected chi connectivity index (χ1v) is 10.9. The minimum atomic E-state index is -1.22. The first kappa shape index (κ1) is 22.3. The molecule has 1 atom stereocenters. The van der Waals surface area contributed by atoms with Crippen molar-refractivity contribution < 1.29 is 29.0 Å².